The topological polar surface area (TPSA) is 26.3 Å². The van der Waals surface area contributed by atoms with Crippen LogP contribution in [0, 0.1) is 5.82 Å². The van der Waals surface area contributed by atoms with E-state index in [1.165, 1.54) is 12.1 Å². The predicted molar refractivity (Wildman–Crippen MR) is 72.7 cm³/mol. The SMILES string of the molecule is C=Cc1ccccc1COc1ccc(F)cc1C=O. The van der Waals surface area contributed by atoms with Crippen molar-refractivity contribution in [3.8, 4) is 5.75 Å². The van der Waals surface area contributed by atoms with Crippen LogP contribution >= 0.6 is 0 Å². The molecule has 0 aliphatic heterocycles. The number of benzene rings is 2. The van der Waals surface area contributed by atoms with Gasteiger partial charge in [0.2, 0.25) is 0 Å². The smallest absolute Gasteiger partial charge is 0.153 e. The van der Waals surface area contributed by atoms with E-state index >= 15 is 0 Å². The summed E-state index contributed by atoms with van der Waals surface area (Å²) in [5.41, 5.74) is 2.13. The lowest BCUT2D eigenvalue weighted by Crippen LogP contribution is -2.00. The molecule has 0 bridgehead atoms. The first kappa shape index (κ1) is 13.0. The van der Waals surface area contributed by atoms with Gasteiger partial charge in [0.15, 0.2) is 6.29 Å². The van der Waals surface area contributed by atoms with Crippen molar-refractivity contribution in [2.75, 3.05) is 0 Å². The maximum Gasteiger partial charge on any atom is 0.153 e. The Labute approximate surface area is 111 Å². The molecule has 19 heavy (non-hydrogen) atoms. The fourth-order valence-electron chi connectivity index (χ4n) is 1.76. The molecular formula is C16H13FO2. The van der Waals surface area contributed by atoms with Gasteiger partial charge in [0, 0.05) is 0 Å². The lowest BCUT2D eigenvalue weighted by Gasteiger charge is -2.10. The van der Waals surface area contributed by atoms with E-state index in [0.29, 0.717) is 18.6 Å². The zero-order valence-electron chi connectivity index (χ0n) is 10.3. The number of ether oxygens (including phenoxy) is 1. The minimum absolute atomic E-state index is 0.205. The monoisotopic (exact) mass is 256 g/mol. The third kappa shape index (κ3) is 3.07. The van der Waals surface area contributed by atoms with Crippen LogP contribution in [-0.2, 0) is 6.61 Å². The summed E-state index contributed by atoms with van der Waals surface area (Å²) >= 11 is 0. The van der Waals surface area contributed by atoms with Crippen molar-refractivity contribution in [3.05, 3.63) is 71.6 Å². The summed E-state index contributed by atoms with van der Waals surface area (Å²) in [7, 11) is 0. The summed E-state index contributed by atoms with van der Waals surface area (Å²) in [6, 6.07) is 11.5. The van der Waals surface area contributed by atoms with Crippen LogP contribution in [0.4, 0.5) is 4.39 Å². The third-order valence-corrected chi connectivity index (χ3v) is 2.76. The van der Waals surface area contributed by atoms with E-state index in [-0.39, 0.29) is 5.56 Å². The molecule has 0 amide bonds. The summed E-state index contributed by atoms with van der Waals surface area (Å²) < 4.78 is 18.6. The van der Waals surface area contributed by atoms with Gasteiger partial charge >= 0.3 is 0 Å². The number of carbonyl (C=O) groups excluding carboxylic acids is 1. The van der Waals surface area contributed by atoms with Gasteiger partial charge in [-0.2, -0.15) is 0 Å². The molecular weight excluding hydrogens is 243 g/mol. The largest absolute Gasteiger partial charge is 0.488 e. The Morgan fingerprint density at radius 3 is 2.68 bits per heavy atom. The normalized spacial score (nSPS) is 9.95. The van der Waals surface area contributed by atoms with E-state index in [4.69, 9.17) is 4.74 Å². The van der Waals surface area contributed by atoms with Crippen LogP contribution < -0.4 is 4.74 Å². The van der Waals surface area contributed by atoms with Gasteiger partial charge in [0.05, 0.1) is 5.56 Å². The van der Waals surface area contributed by atoms with Crippen LogP contribution in [0.3, 0.4) is 0 Å². The molecule has 0 unspecified atom stereocenters. The summed E-state index contributed by atoms with van der Waals surface area (Å²) in [4.78, 5) is 10.9. The predicted octanol–water partition coefficient (Wildman–Crippen LogP) is 3.86. The van der Waals surface area contributed by atoms with Gasteiger partial charge in [-0.1, -0.05) is 36.9 Å². The van der Waals surface area contributed by atoms with E-state index in [0.717, 1.165) is 17.2 Å². The van der Waals surface area contributed by atoms with Crippen LogP contribution in [0.25, 0.3) is 6.08 Å². The maximum atomic E-state index is 13.0. The Morgan fingerprint density at radius 1 is 1.16 bits per heavy atom. The van der Waals surface area contributed by atoms with Gasteiger partial charge in [0.25, 0.3) is 0 Å². The van der Waals surface area contributed by atoms with Crippen molar-refractivity contribution in [1.29, 1.82) is 0 Å². The fraction of sp³-hybridized carbons (Fsp3) is 0.0625. The first-order chi connectivity index (χ1) is 9.24. The van der Waals surface area contributed by atoms with Crippen molar-refractivity contribution in [1.82, 2.24) is 0 Å². The van der Waals surface area contributed by atoms with E-state index in [2.05, 4.69) is 6.58 Å². The minimum atomic E-state index is -0.457. The second-order valence-corrected chi connectivity index (χ2v) is 3.99. The molecule has 2 aromatic carbocycles. The van der Waals surface area contributed by atoms with Crippen LogP contribution in [0.5, 0.6) is 5.75 Å². The molecule has 0 saturated carbocycles. The highest BCUT2D eigenvalue weighted by Crippen LogP contribution is 2.20. The highest BCUT2D eigenvalue weighted by Gasteiger charge is 2.06. The highest BCUT2D eigenvalue weighted by molar-refractivity contribution is 5.79. The molecule has 0 aromatic heterocycles. The van der Waals surface area contributed by atoms with Gasteiger partial charge in [-0.05, 0) is 29.3 Å². The number of hydrogen-bond donors (Lipinski definition) is 0. The molecule has 0 fully saturated rings. The van der Waals surface area contributed by atoms with Crippen molar-refractivity contribution >= 4 is 12.4 Å². The van der Waals surface area contributed by atoms with Gasteiger partial charge < -0.3 is 4.74 Å². The van der Waals surface area contributed by atoms with E-state index in [9.17, 15) is 9.18 Å². The number of aldehydes is 1. The molecule has 96 valence electrons. The Balaban J connectivity index is 2.19. The summed E-state index contributed by atoms with van der Waals surface area (Å²) in [5.74, 6) is -0.0868. The van der Waals surface area contributed by atoms with Gasteiger partial charge in [-0.25, -0.2) is 4.39 Å². The average Bonchev–Trinajstić information content (AvgIpc) is 2.46. The average molecular weight is 256 g/mol. The van der Waals surface area contributed by atoms with Crippen LogP contribution in [0.2, 0.25) is 0 Å². The van der Waals surface area contributed by atoms with Crippen molar-refractivity contribution in [3.63, 3.8) is 0 Å². The lowest BCUT2D eigenvalue weighted by molar-refractivity contribution is 0.111. The summed E-state index contributed by atoms with van der Waals surface area (Å²) in [6.45, 7) is 4.03. The van der Waals surface area contributed by atoms with Crippen molar-refractivity contribution < 1.29 is 13.9 Å². The number of rotatable bonds is 5. The molecule has 0 saturated heterocycles. The van der Waals surface area contributed by atoms with Gasteiger partial charge in [0.1, 0.15) is 18.2 Å². The Bertz CT molecular complexity index is 605. The molecule has 2 aromatic rings. The van der Waals surface area contributed by atoms with Crippen molar-refractivity contribution in [2.45, 2.75) is 6.61 Å². The zero-order chi connectivity index (χ0) is 13.7. The molecule has 3 heteroatoms. The molecule has 0 N–H and O–H groups in total. The summed E-state index contributed by atoms with van der Waals surface area (Å²) in [6.07, 6.45) is 2.32. The molecule has 0 aliphatic rings. The number of halogens is 1. The Hall–Kier alpha value is -2.42. The Kier molecular flexibility index (Phi) is 4.08. The van der Waals surface area contributed by atoms with Crippen LogP contribution in [-0.4, -0.2) is 6.29 Å². The second-order valence-electron chi connectivity index (χ2n) is 3.99. The van der Waals surface area contributed by atoms with Gasteiger partial charge in [-0.15, -0.1) is 0 Å². The van der Waals surface area contributed by atoms with Gasteiger partial charge in [-0.3, -0.25) is 4.79 Å². The van der Waals surface area contributed by atoms with E-state index in [1.807, 2.05) is 24.3 Å². The van der Waals surface area contributed by atoms with Crippen LogP contribution in [0.1, 0.15) is 21.5 Å². The van der Waals surface area contributed by atoms with Crippen LogP contribution in [0.15, 0.2) is 49.0 Å². The summed E-state index contributed by atoms with van der Waals surface area (Å²) in [5, 5.41) is 0. The van der Waals surface area contributed by atoms with E-state index in [1.54, 1.807) is 6.08 Å². The molecule has 2 nitrogen and oxygen atoms in total. The molecule has 2 rings (SSSR count). The Morgan fingerprint density at radius 2 is 1.95 bits per heavy atom. The third-order valence-electron chi connectivity index (χ3n) is 2.76. The standard InChI is InChI=1S/C16H13FO2/c1-2-12-5-3-4-6-13(12)11-19-16-8-7-15(17)9-14(16)10-18/h2-10H,1,11H2. The first-order valence-electron chi connectivity index (χ1n) is 5.82. The fourth-order valence-corrected chi connectivity index (χ4v) is 1.76. The second kappa shape index (κ2) is 5.96. The molecule has 0 radical (unpaired) electrons. The molecule has 0 atom stereocenters. The zero-order valence-corrected chi connectivity index (χ0v) is 10.3. The molecule has 0 aliphatic carbocycles. The number of carbonyl (C=O) groups is 1. The molecule has 0 heterocycles. The number of hydrogen-bond acceptors (Lipinski definition) is 2. The maximum absolute atomic E-state index is 13.0. The molecule has 0 spiro atoms. The lowest BCUT2D eigenvalue weighted by atomic mass is 10.1. The van der Waals surface area contributed by atoms with E-state index < -0.39 is 5.82 Å². The highest BCUT2D eigenvalue weighted by atomic mass is 19.1. The first-order valence-corrected chi connectivity index (χ1v) is 5.82. The minimum Gasteiger partial charge on any atom is -0.488 e. The quantitative estimate of drug-likeness (QED) is 0.759. The van der Waals surface area contributed by atoms with Crippen molar-refractivity contribution in [2.24, 2.45) is 0 Å².